The zero-order valence-corrected chi connectivity index (χ0v) is 22.6. The lowest BCUT2D eigenvalue weighted by Crippen LogP contribution is -2.40. The maximum atomic E-state index is 11.8. The highest BCUT2D eigenvalue weighted by atomic mass is 16.5. The van der Waals surface area contributed by atoms with Crippen molar-refractivity contribution in [1.29, 1.82) is 0 Å². The van der Waals surface area contributed by atoms with Gasteiger partial charge in [-0.25, -0.2) is 4.79 Å². The number of rotatable bonds is 8. The molecule has 1 saturated heterocycles. The number of carbonyl (C=O) groups is 2. The Morgan fingerprint density at radius 1 is 0.927 bits per heavy atom. The van der Waals surface area contributed by atoms with E-state index in [1.165, 1.54) is 16.7 Å². The summed E-state index contributed by atoms with van der Waals surface area (Å²) in [5.74, 6) is 0.568. The van der Waals surface area contributed by atoms with Crippen LogP contribution in [0.4, 0.5) is 4.79 Å². The number of fused-ring (bicyclic) bond motifs is 5. The third-order valence-electron chi connectivity index (χ3n) is 8.55. The van der Waals surface area contributed by atoms with Crippen molar-refractivity contribution >= 4 is 23.3 Å². The first-order valence-electron chi connectivity index (χ1n) is 13.6. The number of methoxy groups -OCH3 is 1. The summed E-state index contributed by atoms with van der Waals surface area (Å²) < 4.78 is 13.4. The number of carbonyl (C=O) groups excluding carboxylic acids is 2. The fourth-order valence-corrected chi connectivity index (χ4v) is 7.02. The lowest BCUT2D eigenvalue weighted by atomic mass is 9.76. The molecule has 1 aromatic heterocycles. The molecule has 7 heteroatoms. The van der Waals surface area contributed by atoms with Gasteiger partial charge in [0.1, 0.15) is 18.6 Å². The summed E-state index contributed by atoms with van der Waals surface area (Å²) in [6.45, 7) is 0.726. The van der Waals surface area contributed by atoms with Crippen molar-refractivity contribution in [2.24, 2.45) is 5.73 Å². The van der Waals surface area contributed by atoms with Crippen LogP contribution < -0.4 is 10.5 Å². The molecule has 3 atom stereocenters. The van der Waals surface area contributed by atoms with Gasteiger partial charge in [0.05, 0.1) is 30.2 Å². The molecular weight excluding hydrogens is 514 g/mol. The number of nitrogens with zero attached hydrogens (tertiary/aromatic N) is 2. The Bertz CT molecular complexity index is 1670. The summed E-state index contributed by atoms with van der Waals surface area (Å²) in [6.07, 6.45) is -0.00896. The van der Waals surface area contributed by atoms with Crippen LogP contribution in [0.5, 0.6) is 5.75 Å². The summed E-state index contributed by atoms with van der Waals surface area (Å²) in [5.41, 5.74) is 11.7. The molecule has 2 aliphatic rings. The first-order valence-corrected chi connectivity index (χ1v) is 13.6. The first kappa shape index (κ1) is 25.1. The van der Waals surface area contributed by atoms with Gasteiger partial charge >= 0.3 is 6.09 Å². The number of nitrogens with two attached hydrogens (primary N) is 1. The van der Waals surface area contributed by atoms with E-state index in [1.807, 2.05) is 24.3 Å². The van der Waals surface area contributed by atoms with E-state index in [-0.39, 0.29) is 18.7 Å². The summed E-state index contributed by atoms with van der Waals surface area (Å²) in [6, 6.07) is 35.6. The van der Waals surface area contributed by atoms with Crippen LogP contribution in [0.1, 0.15) is 44.3 Å². The van der Waals surface area contributed by atoms with Crippen molar-refractivity contribution in [1.82, 2.24) is 9.47 Å². The number of ether oxygens (including phenoxy) is 2. The average Bonchev–Trinajstić information content (AvgIpc) is 3.43. The van der Waals surface area contributed by atoms with E-state index in [9.17, 15) is 9.59 Å². The van der Waals surface area contributed by atoms with Crippen molar-refractivity contribution in [3.05, 3.63) is 137 Å². The molecule has 7 nitrogen and oxygen atoms in total. The molecule has 3 heterocycles. The number of aldehydes is 1. The molecule has 0 saturated carbocycles. The number of hydrogen-bond acceptors (Lipinski definition) is 5. The largest absolute Gasteiger partial charge is 0.496 e. The van der Waals surface area contributed by atoms with Crippen LogP contribution in [0.2, 0.25) is 0 Å². The number of hydrogen-bond donors (Lipinski definition) is 1. The maximum absolute atomic E-state index is 11.8. The van der Waals surface area contributed by atoms with E-state index in [0.29, 0.717) is 17.9 Å². The molecule has 7 rings (SSSR count). The molecule has 0 aliphatic carbocycles. The second kappa shape index (κ2) is 9.64. The van der Waals surface area contributed by atoms with Crippen molar-refractivity contribution < 1.29 is 19.1 Å². The Morgan fingerprint density at radius 3 is 1.98 bits per heavy atom. The normalized spacial score (nSPS) is 18.9. The molecule has 1 fully saturated rings. The monoisotopic (exact) mass is 543 g/mol. The lowest BCUT2D eigenvalue weighted by molar-refractivity contribution is 0.112. The fraction of sp³-hybridized carbons (Fsp3) is 0.176. The molecule has 0 bridgehead atoms. The van der Waals surface area contributed by atoms with Crippen molar-refractivity contribution in [2.45, 2.75) is 30.8 Å². The van der Waals surface area contributed by atoms with Gasteiger partial charge in [-0.1, -0.05) is 91.0 Å². The quantitative estimate of drug-likeness (QED) is 0.152. The molecule has 1 amide bonds. The minimum Gasteiger partial charge on any atom is -0.496 e. The summed E-state index contributed by atoms with van der Waals surface area (Å²) in [5, 5.41) is 0.837. The van der Waals surface area contributed by atoms with Gasteiger partial charge in [-0.3, -0.25) is 9.69 Å². The van der Waals surface area contributed by atoms with Gasteiger partial charge in [0.2, 0.25) is 0 Å². The molecule has 41 heavy (non-hydrogen) atoms. The number of benzene rings is 4. The van der Waals surface area contributed by atoms with Crippen molar-refractivity contribution in [2.75, 3.05) is 7.11 Å². The van der Waals surface area contributed by atoms with Gasteiger partial charge < -0.3 is 19.8 Å². The topological polar surface area (TPSA) is 86.6 Å². The third-order valence-corrected chi connectivity index (χ3v) is 8.55. The predicted octanol–water partition coefficient (Wildman–Crippen LogP) is 5.79. The van der Waals surface area contributed by atoms with E-state index in [2.05, 4.69) is 82.3 Å². The van der Waals surface area contributed by atoms with Crippen LogP contribution in [0.15, 0.2) is 103 Å². The number of amides is 1. The van der Waals surface area contributed by atoms with Gasteiger partial charge in [-0.2, -0.15) is 0 Å². The zero-order valence-electron chi connectivity index (χ0n) is 22.6. The van der Waals surface area contributed by atoms with E-state index in [0.717, 1.165) is 28.4 Å². The van der Waals surface area contributed by atoms with Gasteiger partial charge in [-0.05, 0) is 28.8 Å². The van der Waals surface area contributed by atoms with Crippen LogP contribution in [0.3, 0.4) is 0 Å². The Morgan fingerprint density at radius 2 is 1.49 bits per heavy atom. The molecule has 5 aromatic rings. The van der Waals surface area contributed by atoms with Crippen LogP contribution >= 0.6 is 0 Å². The van der Waals surface area contributed by atoms with E-state index in [4.69, 9.17) is 15.2 Å². The summed E-state index contributed by atoms with van der Waals surface area (Å²) >= 11 is 0. The van der Waals surface area contributed by atoms with Crippen LogP contribution in [-0.2, 0) is 23.4 Å². The maximum Gasteiger partial charge on any atom is 0.404 e. The number of primary amides is 1. The average molecular weight is 544 g/mol. The van der Waals surface area contributed by atoms with E-state index >= 15 is 0 Å². The Labute approximate surface area is 237 Å². The number of aromatic nitrogens is 1. The summed E-state index contributed by atoms with van der Waals surface area (Å²) in [4.78, 5) is 26.1. The standard InChI is InChI=1S/C34H29N3O4/c1-40-29-18-22(20-38)17-27-30(29)26(21-41-33(35)39)31-32-28(19-36(27)31)37(32)34(23-11-5-2-6-12-23,24-13-7-3-8-14-24)25-15-9-4-10-16-25/h2-18,20,28,32H,19,21H2,1H3,(H2,35,39)/t28-,32-,37?/m0/s1. The Hall–Kier alpha value is -4.88. The molecular formula is C34H29N3O4. The first-order chi connectivity index (χ1) is 20.1. The molecule has 2 aliphatic heterocycles. The van der Waals surface area contributed by atoms with E-state index in [1.54, 1.807) is 13.2 Å². The molecule has 1 unspecified atom stereocenters. The fourth-order valence-electron chi connectivity index (χ4n) is 7.02. The van der Waals surface area contributed by atoms with E-state index < -0.39 is 11.6 Å². The molecule has 2 N–H and O–H groups in total. The van der Waals surface area contributed by atoms with Gasteiger partial charge in [0.25, 0.3) is 0 Å². The van der Waals surface area contributed by atoms with Crippen molar-refractivity contribution in [3.8, 4) is 5.75 Å². The van der Waals surface area contributed by atoms with Gasteiger partial charge in [0, 0.05) is 28.8 Å². The smallest absolute Gasteiger partial charge is 0.404 e. The SMILES string of the molecule is COc1cc(C=O)cc2c1c(COC(N)=O)c1n2C[C@H]2[C@@H]1N2C(c1ccccc1)(c1ccccc1)c1ccccc1. The lowest BCUT2D eigenvalue weighted by Gasteiger charge is -2.39. The van der Waals surface area contributed by atoms with Crippen LogP contribution in [0.25, 0.3) is 10.9 Å². The third kappa shape index (κ3) is 3.69. The van der Waals surface area contributed by atoms with Crippen LogP contribution in [-0.4, -0.2) is 35.0 Å². The highest BCUT2D eigenvalue weighted by Crippen LogP contribution is 2.62. The van der Waals surface area contributed by atoms with Gasteiger partial charge in [0.15, 0.2) is 0 Å². The highest BCUT2D eigenvalue weighted by Gasteiger charge is 2.65. The van der Waals surface area contributed by atoms with Gasteiger partial charge in [-0.15, -0.1) is 0 Å². The minimum absolute atomic E-state index is 0.0109. The summed E-state index contributed by atoms with van der Waals surface area (Å²) in [7, 11) is 1.59. The van der Waals surface area contributed by atoms with Crippen LogP contribution in [0, 0.1) is 0 Å². The zero-order chi connectivity index (χ0) is 28.1. The molecule has 204 valence electrons. The molecule has 0 radical (unpaired) electrons. The Balaban J connectivity index is 1.48. The highest BCUT2D eigenvalue weighted by molar-refractivity contribution is 5.96. The second-order valence-corrected chi connectivity index (χ2v) is 10.5. The Kier molecular flexibility index (Phi) is 5.91. The minimum atomic E-state index is -0.837. The predicted molar refractivity (Wildman–Crippen MR) is 156 cm³/mol. The van der Waals surface area contributed by atoms with Crippen molar-refractivity contribution in [3.63, 3.8) is 0 Å². The molecule has 4 aromatic carbocycles. The second-order valence-electron chi connectivity index (χ2n) is 10.5. The molecule has 0 spiro atoms.